The van der Waals surface area contributed by atoms with E-state index in [1.165, 1.54) is 18.2 Å². The Bertz CT molecular complexity index is 1840. The van der Waals surface area contributed by atoms with Gasteiger partial charge in [-0.15, -0.1) is 6.42 Å². The van der Waals surface area contributed by atoms with Gasteiger partial charge in [-0.2, -0.15) is 9.97 Å². The summed E-state index contributed by atoms with van der Waals surface area (Å²) in [6, 6.07) is 9.47. The standard InChI is InChI=1S/C35H36F3N5O2/c1-4-21-8-6-9-22-12-25(44)13-26(29(21)22)30-28(37)14-27-32(31(30)38)40-34(41-33(27)42-16-20(3)39-24(5-2)18-42)45-19-35-10-7-11-43(35)17-23(36)15-35/h1,6,8-9,12-14,20,23-24,39,44H,5,7,10-11,15-19H2,2-3H3/t20-,23-,24-,35+/m1/s1. The van der Waals surface area contributed by atoms with Gasteiger partial charge in [-0.3, -0.25) is 4.90 Å². The Labute approximate surface area is 260 Å². The zero-order valence-corrected chi connectivity index (χ0v) is 25.4. The van der Waals surface area contributed by atoms with Crippen LogP contribution in [0.1, 0.15) is 45.1 Å². The third-order valence-electron chi connectivity index (χ3n) is 9.71. The summed E-state index contributed by atoms with van der Waals surface area (Å²) in [6.45, 7) is 6.65. The number of anilines is 1. The number of rotatable bonds is 6. The first-order valence-electron chi connectivity index (χ1n) is 15.6. The van der Waals surface area contributed by atoms with Gasteiger partial charge in [0.25, 0.3) is 0 Å². The normalized spacial score (nSPS) is 25.2. The molecule has 3 saturated heterocycles. The third-order valence-corrected chi connectivity index (χ3v) is 9.71. The SMILES string of the molecule is C#Cc1cccc2cc(O)cc(-c3c(F)cc4c(N5C[C@@H](CC)N[C@H](C)C5)nc(OC[C@@]56CCCN5C[C@H](F)C6)nc4c3F)c12. The second-order valence-electron chi connectivity index (χ2n) is 12.8. The average molecular weight is 616 g/mol. The second-order valence-corrected chi connectivity index (χ2v) is 12.8. The van der Waals surface area contributed by atoms with Gasteiger partial charge in [0.2, 0.25) is 0 Å². The number of aromatic hydroxyl groups is 1. The molecule has 4 heterocycles. The van der Waals surface area contributed by atoms with Crippen molar-refractivity contribution >= 4 is 27.5 Å². The fourth-order valence-corrected chi connectivity index (χ4v) is 7.69. The van der Waals surface area contributed by atoms with Gasteiger partial charge in [-0.05, 0) is 62.4 Å². The van der Waals surface area contributed by atoms with Crippen LogP contribution in [0.2, 0.25) is 0 Å². The van der Waals surface area contributed by atoms with Gasteiger partial charge < -0.3 is 20.1 Å². The van der Waals surface area contributed by atoms with Crippen molar-refractivity contribution in [2.45, 2.75) is 63.3 Å². The Kier molecular flexibility index (Phi) is 7.49. The summed E-state index contributed by atoms with van der Waals surface area (Å²) < 4.78 is 53.8. The van der Waals surface area contributed by atoms with Crippen molar-refractivity contribution in [1.82, 2.24) is 20.2 Å². The number of terminal acetylenes is 1. The molecule has 0 unspecified atom stereocenters. The number of alkyl halides is 1. The largest absolute Gasteiger partial charge is 0.508 e. The fourth-order valence-electron chi connectivity index (χ4n) is 7.69. The van der Waals surface area contributed by atoms with Crippen molar-refractivity contribution in [1.29, 1.82) is 0 Å². The van der Waals surface area contributed by atoms with Gasteiger partial charge in [-0.25, -0.2) is 13.2 Å². The van der Waals surface area contributed by atoms with E-state index >= 15 is 8.78 Å². The lowest BCUT2D eigenvalue weighted by Gasteiger charge is -2.38. The monoisotopic (exact) mass is 615 g/mol. The number of ether oxygens (including phenoxy) is 1. The fraction of sp³-hybridized carbons (Fsp3) is 0.429. The molecule has 3 aliphatic heterocycles. The van der Waals surface area contributed by atoms with Crippen molar-refractivity contribution in [3.8, 4) is 35.2 Å². The van der Waals surface area contributed by atoms with E-state index in [-0.39, 0.29) is 52.5 Å². The average Bonchev–Trinajstić information content (AvgIpc) is 3.54. The zero-order chi connectivity index (χ0) is 31.5. The van der Waals surface area contributed by atoms with Crippen LogP contribution >= 0.6 is 0 Å². The van der Waals surface area contributed by atoms with E-state index in [0.717, 1.165) is 25.8 Å². The molecule has 4 aromatic rings. The minimum atomic E-state index is -0.928. The lowest BCUT2D eigenvalue weighted by atomic mass is 9.93. The van der Waals surface area contributed by atoms with Crippen molar-refractivity contribution in [3.05, 3.63) is 53.6 Å². The first kappa shape index (κ1) is 29.6. The minimum Gasteiger partial charge on any atom is -0.508 e. The maximum absolute atomic E-state index is 16.9. The van der Waals surface area contributed by atoms with Crippen LogP contribution in [0.3, 0.4) is 0 Å². The molecule has 0 spiro atoms. The summed E-state index contributed by atoms with van der Waals surface area (Å²) in [5.74, 6) is 1.10. The number of aromatic nitrogens is 2. The number of halogens is 3. The number of benzene rings is 3. The molecule has 3 aromatic carbocycles. The van der Waals surface area contributed by atoms with Crippen LogP contribution in [0.4, 0.5) is 19.0 Å². The number of nitrogens with one attached hydrogen (secondary N) is 1. The lowest BCUT2D eigenvalue weighted by Crippen LogP contribution is -2.55. The molecule has 4 atom stereocenters. The summed E-state index contributed by atoms with van der Waals surface area (Å²) in [6.07, 6.45) is 7.83. The van der Waals surface area contributed by atoms with Crippen LogP contribution in [0.25, 0.3) is 32.8 Å². The number of piperazine rings is 1. The zero-order valence-electron chi connectivity index (χ0n) is 25.4. The van der Waals surface area contributed by atoms with E-state index in [2.05, 4.69) is 35.0 Å². The molecule has 7 nitrogen and oxygen atoms in total. The summed E-state index contributed by atoms with van der Waals surface area (Å²) in [4.78, 5) is 13.4. The van der Waals surface area contributed by atoms with E-state index in [4.69, 9.17) is 16.1 Å². The van der Waals surface area contributed by atoms with E-state index < -0.39 is 23.3 Å². The van der Waals surface area contributed by atoms with Crippen LogP contribution < -0.4 is 15.0 Å². The number of phenolic OH excluding ortho intramolecular Hbond substituents is 1. The van der Waals surface area contributed by atoms with E-state index in [1.54, 1.807) is 18.2 Å². The van der Waals surface area contributed by atoms with E-state index in [9.17, 15) is 9.50 Å². The summed E-state index contributed by atoms with van der Waals surface area (Å²) >= 11 is 0. The maximum Gasteiger partial charge on any atom is 0.319 e. The molecular formula is C35H36F3N5O2. The van der Waals surface area contributed by atoms with Crippen LogP contribution in [-0.4, -0.2) is 76.6 Å². The molecule has 0 aliphatic carbocycles. The first-order valence-corrected chi connectivity index (χ1v) is 15.6. The molecular weight excluding hydrogens is 579 g/mol. The van der Waals surface area contributed by atoms with Crippen LogP contribution in [0, 0.1) is 24.0 Å². The number of fused-ring (bicyclic) bond motifs is 3. The molecule has 10 heteroatoms. The predicted octanol–water partition coefficient (Wildman–Crippen LogP) is 5.95. The Hall–Kier alpha value is -4.07. The first-order chi connectivity index (χ1) is 21.7. The van der Waals surface area contributed by atoms with Crippen LogP contribution in [0.5, 0.6) is 11.8 Å². The van der Waals surface area contributed by atoms with Gasteiger partial charge in [0.05, 0.1) is 11.1 Å². The molecule has 0 saturated carbocycles. The summed E-state index contributed by atoms with van der Waals surface area (Å²) in [5.41, 5.74) is -0.333. The molecule has 3 aliphatic rings. The van der Waals surface area contributed by atoms with Gasteiger partial charge in [0.1, 0.15) is 35.7 Å². The molecule has 45 heavy (non-hydrogen) atoms. The third kappa shape index (κ3) is 5.12. The highest BCUT2D eigenvalue weighted by Crippen LogP contribution is 2.43. The van der Waals surface area contributed by atoms with Gasteiger partial charge in [0, 0.05) is 60.0 Å². The lowest BCUT2D eigenvalue weighted by molar-refractivity contribution is 0.107. The number of hydrogen-bond donors (Lipinski definition) is 2. The molecule has 2 N–H and O–H groups in total. The van der Waals surface area contributed by atoms with Crippen molar-refractivity contribution in [2.24, 2.45) is 0 Å². The van der Waals surface area contributed by atoms with E-state index in [0.29, 0.717) is 48.2 Å². The minimum absolute atomic E-state index is 0.0400. The predicted molar refractivity (Wildman–Crippen MR) is 169 cm³/mol. The Balaban J connectivity index is 1.40. The number of hydrogen-bond acceptors (Lipinski definition) is 7. The highest BCUT2D eigenvalue weighted by Gasteiger charge is 2.49. The molecule has 0 bridgehead atoms. The highest BCUT2D eigenvalue weighted by atomic mass is 19.1. The van der Waals surface area contributed by atoms with Crippen LogP contribution in [0.15, 0.2) is 36.4 Å². The van der Waals surface area contributed by atoms with Crippen LogP contribution in [-0.2, 0) is 0 Å². The van der Waals surface area contributed by atoms with E-state index in [1.807, 2.05) is 4.90 Å². The van der Waals surface area contributed by atoms with Gasteiger partial charge in [-0.1, -0.05) is 25.0 Å². The summed E-state index contributed by atoms with van der Waals surface area (Å²) in [5, 5.41) is 15.3. The quantitative estimate of drug-likeness (QED) is 0.260. The topological polar surface area (TPSA) is 73.8 Å². The van der Waals surface area contributed by atoms with Crippen molar-refractivity contribution < 1.29 is 23.0 Å². The molecule has 234 valence electrons. The van der Waals surface area contributed by atoms with Gasteiger partial charge >= 0.3 is 6.01 Å². The number of nitrogens with zero attached hydrogens (tertiary/aromatic N) is 4. The van der Waals surface area contributed by atoms with Crippen molar-refractivity contribution in [2.75, 3.05) is 37.7 Å². The van der Waals surface area contributed by atoms with Crippen molar-refractivity contribution in [3.63, 3.8) is 0 Å². The Morgan fingerprint density at radius 1 is 1.18 bits per heavy atom. The Morgan fingerprint density at radius 2 is 2.02 bits per heavy atom. The number of phenols is 1. The smallest absolute Gasteiger partial charge is 0.319 e. The highest BCUT2D eigenvalue weighted by molar-refractivity contribution is 6.04. The molecule has 0 amide bonds. The molecule has 0 radical (unpaired) electrons. The maximum atomic E-state index is 16.9. The molecule has 3 fully saturated rings. The Morgan fingerprint density at radius 3 is 2.82 bits per heavy atom. The van der Waals surface area contributed by atoms with Gasteiger partial charge in [0.15, 0.2) is 5.82 Å². The summed E-state index contributed by atoms with van der Waals surface area (Å²) in [7, 11) is 0. The molecule has 7 rings (SSSR count). The molecule has 1 aromatic heterocycles. The second kappa shape index (κ2) is 11.4.